The number of nitro benzene ring substituents is 1. The Morgan fingerprint density at radius 2 is 1.71 bits per heavy atom. The molecule has 0 fully saturated rings. The summed E-state index contributed by atoms with van der Waals surface area (Å²) in [4.78, 5) is 10.4. The summed E-state index contributed by atoms with van der Waals surface area (Å²) in [7, 11) is 0. The number of nitrogens with one attached hydrogen (secondary N) is 2. The van der Waals surface area contributed by atoms with E-state index in [9.17, 15) is 10.1 Å². The van der Waals surface area contributed by atoms with Crippen LogP contribution >= 0.6 is 35.6 Å². The van der Waals surface area contributed by atoms with Crippen LogP contribution in [0.15, 0.2) is 66.7 Å². The summed E-state index contributed by atoms with van der Waals surface area (Å²) in [6, 6.07) is 20.8. The molecule has 0 aliphatic heterocycles. The van der Waals surface area contributed by atoms with Gasteiger partial charge in [0.15, 0.2) is 0 Å². The molecule has 4 aromatic rings. The lowest BCUT2D eigenvalue weighted by Gasteiger charge is -2.11. The van der Waals surface area contributed by atoms with Crippen molar-refractivity contribution in [1.82, 2.24) is 9.88 Å². The monoisotopic (exact) mass is 518 g/mol. The minimum atomic E-state index is -0.457. The highest BCUT2D eigenvalue weighted by Crippen LogP contribution is 2.29. The fourth-order valence-corrected chi connectivity index (χ4v) is 4.42. The Hall–Kier alpha value is -2.77. The van der Waals surface area contributed by atoms with Crippen LogP contribution in [0, 0.1) is 17.0 Å². The van der Waals surface area contributed by atoms with Crippen molar-refractivity contribution in [2.24, 2.45) is 0 Å². The Kier molecular flexibility index (Phi) is 8.80. The van der Waals surface area contributed by atoms with Crippen LogP contribution in [0.5, 0.6) is 0 Å². The molecule has 1 heterocycles. The molecule has 0 aliphatic carbocycles. The maximum Gasteiger partial charge on any atom is 0.271 e. The lowest BCUT2D eigenvalue weighted by Crippen LogP contribution is -2.22. The lowest BCUT2D eigenvalue weighted by atomic mass is 10.1. The number of halogens is 3. The van der Waals surface area contributed by atoms with Crippen molar-refractivity contribution in [2.75, 3.05) is 18.4 Å². The average Bonchev–Trinajstić information content (AvgIpc) is 3.07. The average molecular weight is 520 g/mol. The van der Waals surface area contributed by atoms with E-state index in [4.69, 9.17) is 23.2 Å². The van der Waals surface area contributed by atoms with Crippen molar-refractivity contribution in [1.29, 1.82) is 0 Å². The molecule has 2 N–H and O–H groups in total. The summed E-state index contributed by atoms with van der Waals surface area (Å²) in [5.41, 5.74) is 5.39. The molecule has 0 unspecified atom stereocenters. The molecule has 1 aromatic heterocycles. The normalized spacial score (nSPS) is 10.8. The number of hydrogen-bond donors (Lipinski definition) is 2. The molecule has 0 radical (unpaired) electrons. The van der Waals surface area contributed by atoms with E-state index in [0.717, 1.165) is 17.1 Å². The minimum Gasteiger partial charge on any atom is -0.383 e. The quantitative estimate of drug-likeness (QED) is 0.144. The Morgan fingerprint density at radius 1 is 0.971 bits per heavy atom. The Morgan fingerprint density at radius 3 is 2.44 bits per heavy atom. The number of para-hydroxylation sites is 1. The lowest BCUT2D eigenvalue weighted by molar-refractivity contribution is -0.384. The molecule has 0 bridgehead atoms. The van der Waals surface area contributed by atoms with Gasteiger partial charge < -0.3 is 15.2 Å². The third-order valence-corrected chi connectivity index (χ3v) is 6.41. The zero-order chi connectivity index (χ0) is 23.4. The van der Waals surface area contributed by atoms with Crippen LogP contribution in [0.3, 0.4) is 0 Å². The number of rotatable bonds is 9. The second-order valence-corrected chi connectivity index (χ2v) is 8.60. The Labute approximate surface area is 214 Å². The first-order chi connectivity index (χ1) is 16.0. The number of non-ortho nitro benzene ring substituents is 1. The molecule has 0 saturated carbocycles. The van der Waals surface area contributed by atoms with Crippen molar-refractivity contribution in [2.45, 2.75) is 20.0 Å². The molecule has 0 saturated heterocycles. The molecular weight excluding hydrogens is 495 g/mol. The summed E-state index contributed by atoms with van der Waals surface area (Å²) in [6.07, 6.45) is 0. The third kappa shape index (κ3) is 5.65. The van der Waals surface area contributed by atoms with Gasteiger partial charge in [0.1, 0.15) is 0 Å². The minimum absolute atomic E-state index is 0. The Bertz CT molecular complexity index is 1310. The predicted molar refractivity (Wildman–Crippen MR) is 143 cm³/mol. The summed E-state index contributed by atoms with van der Waals surface area (Å²) in [6.45, 7) is 4.91. The van der Waals surface area contributed by atoms with Gasteiger partial charge in [-0.2, -0.15) is 0 Å². The van der Waals surface area contributed by atoms with Crippen molar-refractivity contribution in [3.05, 3.63) is 104 Å². The fourth-order valence-electron chi connectivity index (χ4n) is 3.99. The maximum absolute atomic E-state index is 10.8. The number of benzene rings is 3. The predicted octanol–water partition coefficient (Wildman–Crippen LogP) is 6.84. The first-order valence-corrected chi connectivity index (χ1v) is 11.4. The molecule has 6 nitrogen and oxygen atoms in total. The summed E-state index contributed by atoms with van der Waals surface area (Å²) < 4.78 is 2.31. The number of nitrogens with zero attached hydrogens (tertiary/aromatic N) is 2. The van der Waals surface area contributed by atoms with Gasteiger partial charge in [-0.05, 0) is 36.2 Å². The van der Waals surface area contributed by atoms with E-state index in [1.54, 1.807) is 6.07 Å². The van der Waals surface area contributed by atoms with Crippen LogP contribution in [0.2, 0.25) is 10.0 Å². The SMILES string of the molecule is Cc1c(CNCCNc2ccc([N+](=O)[O-])cc2Cl)c2ccccc2n1Cc1ccccc1Cl.Cl. The number of nitro groups is 1. The molecule has 4 rings (SSSR count). The van der Waals surface area contributed by atoms with Gasteiger partial charge in [-0.15, -0.1) is 12.4 Å². The highest BCUT2D eigenvalue weighted by Gasteiger charge is 2.14. The van der Waals surface area contributed by atoms with Crippen molar-refractivity contribution < 1.29 is 4.92 Å². The zero-order valence-corrected chi connectivity index (χ0v) is 20.9. The number of aromatic nitrogens is 1. The van der Waals surface area contributed by atoms with Gasteiger partial charge in [-0.25, -0.2) is 0 Å². The van der Waals surface area contributed by atoms with E-state index in [-0.39, 0.29) is 18.1 Å². The van der Waals surface area contributed by atoms with Crippen molar-refractivity contribution in [3.8, 4) is 0 Å². The van der Waals surface area contributed by atoms with Crippen LogP contribution < -0.4 is 10.6 Å². The second-order valence-electron chi connectivity index (χ2n) is 7.78. The number of anilines is 1. The molecular formula is C25H25Cl3N4O2. The van der Waals surface area contributed by atoms with Crippen LogP contribution in [0.1, 0.15) is 16.8 Å². The maximum atomic E-state index is 10.8. The molecule has 0 spiro atoms. The Balaban J connectivity index is 0.00000324. The molecule has 178 valence electrons. The fraction of sp³-hybridized carbons (Fsp3) is 0.200. The highest BCUT2D eigenvalue weighted by molar-refractivity contribution is 6.33. The van der Waals surface area contributed by atoms with Gasteiger partial charge in [0.25, 0.3) is 5.69 Å². The number of fused-ring (bicyclic) bond motifs is 1. The molecule has 0 aliphatic rings. The third-order valence-electron chi connectivity index (χ3n) is 5.73. The van der Waals surface area contributed by atoms with Crippen molar-refractivity contribution >= 4 is 57.9 Å². The second kappa shape index (κ2) is 11.6. The van der Waals surface area contributed by atoms with E-state index >= 15 is 0 Å². The van der Waals surface area contributed by atoms with Crippen LogP contribution in [0.25, 0.3) is 10.9 Å². The van der Waals surface area contributed by atoms with Gasteiger partial charge in [-0.3, -0.25) is 10.1 Å². The summed E-state index contributed by atoms with van der Waals surface area (Å²) >= 11 is 12.6. The van der Waals surface area contributed by atoms with E-state index in [0.29, 0.717) is 30.3 Å². The standard InChI is InChI=1S/C25H24Cl2N4O2.ClH/c1-17-21(15-28-12-13-29-24-11-10-19(31(32)33)14-23(24)27)20-7-3-5-9-25(20)30(17)16-18-6-2-4-8-22(18)26;/h2-11,14,28-29H,12-13,15-16H2,1H3;1H. The molecule has 0 atom stereocenters. The van der Waals surface area contributed by atoms with E-state index in [2.05, 4.69) is 52.5 Å². The summed E-state index contributed by atoms with van der Waals surface area (Å²) in [5.74, 6) is 0. The zero-order valence-electron chi connectivity index (χ0n) is 18.6. The van der Waals surface area contributed by atoms with E-state index in [1.807, 2.05) is 18.2 Å². The summed E-state index contributed by atoms with van der Waals surface area (Å²) in [5, 5.41) is 19.9. The van der Waals surface area contributed by atoms with Gasteiger partial charge in [0.05, 0.1) is 15.6 Å². The topological polar surface area (TPSA) is 72.1 Å². The largest absolute Gasteiger partial charge is 0.383 e. The van der Waals surface area contributed by atoms with Gasteiger partial charge in [0.2, 0.25) is 0 Å². The van der Waals surface area contributed by atoms with Crippen molar-refractivity contribution in [3.63, 3.8) is 0 Å². The molecule has 9 heteroatoms. The first-order valence-electron chi connectivity index (χ1n) is 10.6. The van der Waals surface area contributed by atoms with Gasteiger partial charge in [0, 0.05) is 59.9 Å². The van der Waals surface area contributed by atoms with Crippen LogP contribution in [-0.2, 0) is 13.1 Å². The van der Waals surface area contributed by atoms with Crippen LogP contribution in [0.4, 0.5) is 11.4 Å². The van der Waals surface area contributed by atoms with E-state index < -0.39 is 4.92 Å². The number of hydrogen-bond acceptors (Lipinski definition) is 4. The van der Waals surface area contributed by atoms with Crippen LogP contribution in [-0.4, -0.2) is 22.6 Å². The molecule has 3 aromatic carbocycles. The van der Waals surface area contributed by atoms with Gasteiger partial charge >= 0.3 is 0 Å². The molecule has 34 heavy (non-hydrogen) atoms. The van der Waals surface area contributed by atoms with E-state index in [1.165, 1.54) is 34.3 Å². The highest BCUT2D eigenvalue weighted by atomic mass is 35.5. The molecule has 0 amide bonds. The first kappa shape index (κ1) is 25.8. The van der Waals surface area contributed by atoms with Gasteiger partial charge in [-0.1, -0.05) is 59.6 Å². The smallest absolute Gasteiger partial charge is 0.271 e.